The zero-order valence-electron chi connectivity index (χ0n) is 17.1. The van der Waals surface area contributed by atoms with E-state index in [2.05, 4.69) is 23.5 Å². The van der Waals surface area contributed by atoms with Gasteiger partial charge in [0, 0.05) is 18.8 Å². The fourth-order valence-electron chi connectivity index (χ4n) is 3.71. The van der Waals surface area contributed by atoms with Crippen molar-refractivity contribution < 1.29 is 9.53 Å². The number of nitrogens with zero attached hydrogens (tertiary/aromatic N) is 2. The standard InChI is InChI=1S/C24H29N3O2/c1-2-29-23-11-7-19(8-12-23)3-4-20-13-15-27(16-14-20)24(28)18-26-22-9-5-21(17-25)6-10-22/h5-12,20,26H,2-4,13-16,18H2,1H3. The predicted molar refractivity (Wildman–Crippen MR) is 115 cm³/mol. The lowest BCUT2D eigenvalue weighted by Crippen LogP contribution is -2.41. The van der Waals surface area contributed by atoms with Gasteiger partial charge in [-0.2, -0.15) is 5.26 Å². The molecule has 1 fully saturated rings. The molecule has 1 N–H and O–H groups in total. The first-order valence-corrected chi connectivity index (χ1v) is 10.4. The fourth-order valence-corrected chi connectivity index (χ4v) is 3.71. The normalized spacial score (nSPS) is 14.3. The van der Waals surface area contributed by atoms with Gasteiger partial charge in [-0.3, -0.25) is 4.79 Å². The second-order valence-electron chi connectivity index (χ2n) is 7.48. The van der Waals surface area contributed by atoms with Crippen molar-refractivity contribution in [1.82, 2.24) is 4.90 Å². The topological polar surface area (TPSA) is 65.4 Å². The lowest BCUT2D eigenvalue weighted by Gasteiger charge is -2.32. The number of aryl methyl sites for hydroxylation is 1. The molecule has 1 aliphatic heterocycles. The van der Waals surface area contributed by atoms with E-state index < -0.39 is 0 Å². The number of nitriles is 1. The van der Waals surface area contributed by atoms with Gasteiger partial charge in [-0.05, 0) is 80.5 Å². The second kappa shape index (κ2) is 10.5. The number of benzene rings is 2. The summed E-state index contributed by atoms with van der Waals surface area (Å²) in [7, 11) is 0. The quantitative estimate of drug-likeness (QED) is 0.731. The van der Waals surface area contributed by atoms with Crippen LogP contribution in [0.3, 0.4) is 0 Å². The number of carbonyl (C=O) groups excluding carboxylic acids is 1. The lowest BCUT2D eigenvalue weighted by atomic mass is 9.90. The van der Waals surface area contributed by atoms with Crippen LogP contribution in [-0.2, 0) is 11.2 Å². The monoisotopic (exact) mass is 391 g/mol. The number of nitrogens with one attached hydrogen (secondary N) is 1. The summed E-state index contributed by atoms with van der Waals surface area (Å²) >= 11 is 0. The summed E-state index contributed by atoms with van der Waals surface area (Å²) < 4.78 is 5.49. The van der Waals surface area contributed by atoms with Crippen molar-refractivity contribution in [3.8, 4) is 11.8 Å². The molecule has 5 heteroatoms. The van der Waals surface area contributed by atoms with E-state index in [0.29, 0.717) is 24.6 Å². The van der Waals surface area contributed by atoms with E-state index in [1.54, 1.807) is 12.1 Å². The lowest BCUT2D eigenvalue weighted by molar-refractivity contribution is -0.130. The third kappa shape index (κ3) is 6.25. The van der Waals surface area contributed by atoms with E-state index in [1.165, 1.54) is 12.0 Å². The molecule has 2 aromatic carbocycles. The van der Waals surface area contributed by atoms with Gasteiger partial charge >= 0.3 is 0 Å². The molecular weight excluding hydrogens is 362 g/mol. The number of rotatable bonds is 8. The summed E-state index contributed by atoms with van der Waals surface area (Å²) in [5.74, 6) is 1.74. The van der Waals surface area contributed by atoms with Crippen molar-refractivity contribution >= 4 is 11.6 Å². The van der Waals surface area contributed by atoms with Gasteiger partial charge < -0.3 is 15.0 Å². The number of carbonyl (C=O) groups is 1. The van der Waals surface area contributed by atoms with Crippen molar-refractivity contribution in [3.63, 3.8) is 0 Å². The van der Waals surface area contributed by atoms with Gasteiger partial charge in [0.05, 0.1) is 24.8 Å². The Kier molecular flexibility index (Phi) is 7.52. The van der Waals surface area contributed by atoms with Crippen LogP contribution in [0.2, 0.25) is 0 Å². The summed E-state index contributed by atoms with van der Waals surface area (Å²) in [4.78, 5) is 14.4. The van der Waals surface area contributed by atoms with Crippen molar-refractivity contribution in [2.45, 2.75) is 32.6 Å². The maximum atomic E-state index is 12.5. The van der Waals surface area contributed by atoms with E-state index in [4.69, 9.17) is 10.00 Å². The van der Waals surface area contributed by atoms with Gasteiger partial charge in [-0.15, -0.1) is 0 Å². The largest absolute Gasteiger partial charge is 0.494 e. The zero-order valence-corrected chi connectivity index (χ0v) is 17.1. The first-order valence-electron chi connectivity index (χ1n) is 10.4. The number of amides is 1. The maximum Gasteiger partial charge on any atom is 0.241 e. The number of hydrogen-bond acceptors (Lipinski definition) is 4. The molecule has 0 aromatic heterocycles. The molecule has 152 valence electrons. The first-order chi connectivity index (χ1) is 14.2. The molecule has 0 atom stereocenters. The minimum atomic E-state index is 0.138. The highest BCUT2D eigenvalue weighted by molar-refractivity contribution is 5.81. The average Bonchev–Trinajstić information content (AvgIpc) is 2.78. The van der Waals surface area contributed by atoms with Crippen LogP contribution in [-0.4, -0.2) is 37.0 Å². The van der Waals surface area contributed by atoms with E-state index >= 15 is 0 Å². The van der Waals surface area contributed by atoms with Crippen LogP contribution < -0.4 is 10.1 Å². The average molecular weight is 392 g/mol. The Hall–Kier alpha value is -3.00. The van der Waals surface area contributed by atoms with Gasteiger partial charge in [-0.25, -0.2) is 0 Å². The highest BCUT2D eigenvalue weighted by Crippen LogP contribution is 2.23. The van der Waals surface area contributed by atoms with E-state index in [0.717, 1.165) is 43.8 Å². The Morgan fingerprint density at radius 2 is 1.83 bits per heavy atom. The number of hydrogen-bond donors (Lipinski definition) is 1. The van der Waals surface area contributed by atoms with Crippen LogP contribution in [0.15, 0.2) is 48.5 Å². The number of anilines is 1. The molecular formula is C24H29N3O2. The Bertz CT molecular complexity index is 817. The van der Waals surface area contributed by atoms with E-state index in [-0.39, 0.29) is 5.91 Å². The molecule has 5 nitrogen and oxygen atoms in total. The Balaban J connectivity index is 1.36. The number of piperidine rings is 1. The summed E-state index contributed by atoms with van der Waals surface area (Å²) in [6.07, 6.45) is 4.38. The molecule has 1 amide bonds. The predicted octanol–water partition coefficient (Wildman–Crippen LogP) is 4.24. The zero-order chi connectivity index (χ0) is 20.5. The van der Waals surface area contributed by atoms with E-state index in [9.17, 15) is 4.79 Å². The van der Waals surface area contributed by atoms with Crippen LogP contribution >= 0.6 is 0 Å². The smallest absolute Gasteiger partial charge is 0.241 e. The van der Waals surface area contributed by atoms with Crippen LogP contribution in [0.25, 0.3) is 0 Å². The van der Waals surface area contributed by atoms with Crippen molar-refractivity contribution in [3.05, 3.63) is 59.7 Å². The molecule has 3 rings (SSSR count). The maximum absolute atomic E-state index is 12.5. The minimum Gasteiger partial charge on any atom is -0.494 e. The molecule has 1 aliphatic rings. The molecule has 0 spiro atoms. The number of ether oxygens (including phenoxy) is 1. The molecule has 29 heavy (non-hydrogen) atoms. The van der Waals surface area contributed by atoms with Gasteiger partial charge in [0.15, 0.2) is 0 Å². The molecule has 0 radical (unpaired) electrons. The minimum absolute atomic E-state index is 0.138. The van der Waals surface area contributed by atoms with Crippen LogP contribution in [0.4, 0.5) is 5.69 Å². The molecule has 1 heterocycles. The summed E-state index contributed by atoms with van der Waals surface area (Å²) in [5.41, 5.74) is 2.83. The van der Waals surface area contributed by atoms with Crippen molar-refractivity contribution in [2.24, 2.45) is 5.92 Å². The molecule has 0 bridgehead atoms. The Labute approximate surface area is 173 Å². The number of likely N-dealkylation sites (tertiary alicyclic amines) is 1. The molecule has 0 unspecified atom stereocenters. The SMILES string of the molecule is CCOc1ccc(CCC2CCN(C(=O)CNc3ccc(C#N)cc3)CC2)cc1. The first kappa shape index (κ1) is 20.7. The van der Waals surface area contributed by atoms with E-state index in [1.807, 2.05) is 36.1 Å². The van der Waals surface area contributed by atoms with Crippen LogP contribution in [0.1, 0.15) is 37.3 Å². The van der Waals surface area contributed by atoms with Crippen molar-refractivity contribution in [2.75, 3.05) is 31.6 Å². The Morgan fingerprint density at radius 3 is 2.45 bits per heavy atom. The third-order valence-corrected chi connectivity index (χ3v) is 5.50. The fraction of sp³-hybridized carbons (Fsp3) is 0.417. The third-order valence-electron chi connectivity index (χ3n) is 5.50. The molecule has 1 saturated heterocycles. The molecule has 0 aliphatic carbocycles. The summed E-state index contributed by atoms with van der Waals surface area (Å²) in [6, 6.07) is 17.7. The van der Waals surface area contributed by atoms with Crippen LogP contribution in [0, 0.1) is 17.2 Å². The molecule has 0 saturated carbocycles. The summed E-state index contributed by atoms with van der Waals surface area (Å²) in [6.45, 7) is 4.65. The van der Waals surface area contributed by atoms with Gasteiger partial charge in [0.2, 0.25) is 5.91 Å². The van der Waals surface area contributed by atoms with Crippen LogP contribution in [0.5, 0.6) is 5.75 Å². The van der Waals surface area contributed by atoms with Gasteiger partial charge in [0.25, 0.3) is 0 Å². The van der Waals surface area contributed by atoms with Crippen molar-refractivity contribution in [1.29, 1.82) is 5.26 Å². The summed E-state index contributed by atoms with van der Waals surface area (Å²) in [5, 5.41) is 12.0. The second-order valence-corrected chi connectivity index (χ2v) is 7.48. The van der Waals surface area contributed by atoms with Gasteiger partial charge in [-0.1, -0.05) is 12.1 Å². The van der Waals surface area contributed by atoms with Gasteiger partial charge in [0.1, 0.15) is 5.75 Å². The Morgan fingerprint density at radius 1 is 1.14 bits per heavy atom. The highest BCUT2D eigenvalue weighted by Gasteiger charge is 2.22. The molecule has 2 aromatic rings. The highest BCUT2D eigenvalue weighted by atomic mass is 16.5.